The third-order valence-electron chi connectivity index (χ3n) is 2.80. The lowest BCUT2D eigenvalue weighted by molar-refractivity contribution is 0.268. The number of ether oxygens (including phenoxy) is 1. The summed E-state index contributed by atoms with van der Waals surface area (Å²) in [6, 6.07) is 4.27. The third kappa shape index (κ3) is 1.31. The van der Waals surface area contributed by atoms with Crippen LogP contribution in [0, 0.1) is 13.8 Å². The zero-order chi connectivity index (χ0) is 9.42. The van der Waals surface area contributed by atoms with Crippen LogP contribution in [0.5, 0.6) is 5.75 Å². The van der Waals surface area contributed by atoms with Crippen molar-refractivity contribution >= 4 is 0 Å². The summed E-state index contributed by atoms with van der Waals surface area (Å²) in [5, 5.41) is 0. The summed E-state index contributed by atoms with van der Waals surface area (Å²) in [6.07, 6.45) is 0.928. The van der Waals surface area contributed by atoms with E-state index >= 15 is 0 Å². The maximum absolute atomic E-state index is 6.04. The molecule has 0 fully saturated rings. The maximum Gasteiger partial charge on any atom is 0.124 e. The van der Waals surface area contributed by atoms with Crippen LogP contribution in [0.4, 0.5) is 0 Å². The van der Waals surface area contributed by atoms with Crippen molar-refractivity contribution in [1.82, 2.24) is 0 Å². The van der Waals surface area contributed by atoms with Gasteiger partial charge in [-0.15, -0.1) is 0 Å². The Morgan fingerprint density at radius 2 is 2.15 bits per heavy atom. The first-order chi connectivity index (χ1) is 6.20. The molecule has 1 aliphatic heterocycles. The zero-order valence-corrected chi connectivity index (χ0v) is 8.13. The third-order valence-corrected chi connectivity index (χ3v) is 2.80. The van der Waals surface area contributed by atoms with Gasteiger partial charge < -0.3 is 10.5 Å². The van der Waals surface area contributed by atoms with Crippen LogP contribution in [0.25, 0.3) is 0 Å². The Morgan fingerprint density at radius 1 is 1.38 bits per heavy atom. The van der Waals surface area contributed by atoms with Crippen molar-refractivity contribution in [1.29, 1.82) is 0 Å². The van der Waals surface area contributed by atoms with E-state index in [-0.39, 0.29) is 6.04 Å². The Labute approximate surface area is 78.7 Å². The van der Waals surface area contributed by atoms with E-state index in [2.05, 4.69) is 19.9 Å². The highest BCUT2D eigenvalue weighted by Gasteiger charge is 2.20. The molecule has 2 rings (SSSR count). The molecule has 2 N–H and O–H groups in total. The van der Waals surface area contributed by atoms with Crippen molar-refractivity contribution in [3.05, 3.63) is 28.8 Å². The topological polar surface area (TPSA) is 35.2 Å². The summed E-state index contributed by atoms with van der Waals surface area (Å²) in [5.74, 6) is 0.974. The van der Waals surface area contributed by atoms with E-state index in [1.165, 1.54) is 16.7 Å². The fourth-order valence-electron chi connectivity index (χ4n) is 1.84. The summed E-state index contributed by atoms with van der Waals surface area (Å²) in [4.78, 5) is 0. The molecular weight excluding hydrogens is 162 g/mol. The quantitative estimate of drug-likeness (QED) is 0.658. The number of rotatable bonds is 0. The van der Waals surface area contributed by atoms with Gasteiger partial charge in [-0.05, 0) is 31.0 Å². The van der Waals surface area contributed by atoms with Crippen LogP contribution in [0.1, 0.15) is 29.2 Å². The fourth-order valence-corrected chi connectivity index (χ4v) is 1.84. The van der Waals surface area contributed by atoms with Crippen LogP contribution in [-0.2, 0) is 0 Å². The zero-order valence-electron chi connectivity index (χ0n) is 8.13. The minimum absolute atomic E-state index is 0.156. The minimum atomic E-state index is 0.156. The molecular formula is C11H15NO. The Balaban J connectivity index is 2.58. The Morgan fingerprint density at radius 3 is 2.92 bits per heavy atom. The van der Waals surface area contributed by atoms with Crippen LogP contribution < -0.4 is 10.5 Å². The standard InChI is InChI=1S/C11H15NO/c1-7-3-4-10-11(8(7)2)9(12)5-6-13-10/h3-4,9H,5-6,12H2,1-2H3/t9-/m1/s1. The molecule has 0 radical (unpaired) electrons. The van der Waals surface area contributed by atoms with Crippen LogP contribution in [-0.4, -0.2) is 6.61 Å². The maximum atomic E-state index is 6.04. The molecule has 0 aliphatic carbocycles. The van der Waals surface area contributed by atoms with Gasteiger partial charge in [-0.25, -0.2) is 0 Å². The van der Waals surface area contributed by atoms with Gasteiger partial charge in [-0.2, -0.15) is 0 Å². The van der Waals surface area contributed by atoms with Gasteiger partial charge in [-0.3, -0.25) is 0 Å². The average Bonchev–Trinajstić information content (AvgIpc) is 2.12. The number of hydrogen-bond acceptors (Lipinski definition) is 2. The van der Waals surface area contributed by atoms with Crippen LogP contribution >= 0.6 is 0 Å². The minimum Gasteiger partial charge on any atom is -0.493 e. The van der Waals surface area contributed by atoms with Crippen LogP contribution in [0.15, 0.2) is 12.1 Å². The predicted octanol–water partition coefficient (Wildman–Crippen LogP) is 2.09. The normalized spacial score (nSPS) is 20.7. The highest BCUT2D eigenvalue weighted by atomic mass is 16.5. The Bertz CT molecular complexity index is 333. The van der Waals surface area contributed by atoms with E-state index in [0.29, 0.717) is 0 Å². The van der Waals surface area contributed by atoms with Gasteiger partial charge in [0.2, 0.25) is 0 Å². The molecule has 70 valence electrons. The molecule has 0 unspecified atom stereocenters. The van der Waals surface area contributed by atoms with Crippen LogP contribution in [0.3, 0.4) is 0 Å². The highest BCUT2D eigenvalue weighted by molar-refractivity contribution is 5.46. The molecule has 1 aromatic rings. The molecule has 1 atom stereocenters. The van der Waals surface area contributed by atoms with Crippen molar-refractivity contribution in [2.75, 3.05) is 6.61 Å². The lowest BCUT2D eigenvalue weighted by Gasteiger charge is -2.25. The SMILES string of the molecule is Cc1ccc2c(c1C)[C@H](N)CCO2. The molecule has 1 aliphatic rings. The first kappa shape index (κ1) is 8.57. The number of benzene rings is 1. The van der Waals surface area contributed by atoms with Gasteiger partial charge in [0, 0.05) is 18.0 Å². The molecule has 0 spiro atoms. The van der Waals surface area contributed by atoms with Crippen molar-refractivity contribution in [3.63, 3.8) is 0 Å². The van der Waals surface area contributed by atoms with E-state index in [9.17, 15) is 0 Å². The van der Waals surface area contributed by atoms with Gasteiger partial charge in [-0.1, -0.05) is 6.07 Å². The van der Waals surface area contributed by atoms with Crippen LogP contribution in [0.2, 0.25) is 0 Å². The molecule has 1 aromatic carbocycles. The van der Waals surface area contributed by atoms with Gasteiger partial charge in [0.05, 0.1) is 6.61 Å². The van der Waals surface area contributed by atoms with E-state index < -0.39 is 0 Å². The van der Waals surface area contributed by atoms with E-state index in [1.54, 1.807) is 0 Å². The molecule has 13 heavy (non-hydrogen) atoms. The lowest BCUT2D eigenvalue weighted by Crippen LogP contribution is -2.21. The second-order valence-corrected chi connectivity index (χ2v) is 3.66. The summed E-state index contributed by atoms with van der Waals surface area (Å²) >= 11 is 0. The molecule has 0 amide bonds. The first-order valence-electron chi connectivity index (χ1n) is 4.68. The predicted molar refractivity (Wildman–Crippen MR) is 53.0 cm³/mol. The van der Waals surface area contributed by atoms with Gasteiger partial charge in [0.25, 0.3) is 0 Å². The van der Waals surface area contributed by atoms with Crippen molar-refractivity contribution in [2.24, 2.45) is 5.73 Å². The first-order valence-corrected chi connectivity index (χ1v) is 4.68. The number of nitrogens with two attached hydrogens (primary N) is 1. The van der Waals surface area contributed by atoms with E-state index in [1.807, 2.05) is 6.07 Å². The van der Waals surface area contributed by atoms with Crippen molar-refractivity contribution in [2.45, 2.75) is 26.3 Å². The van der Waals surface area contributed by atoms with Gasteiger partial charge >= 0.3 is 0 Å². The second-order valence-electron chi connectivity index (χ2n) is 3.66. The van der Waals surface area contributed by atoms with E-state index in [4.69, 9.17) is 10.5 Å². The molecule has 2 heteroatoms. The van der Waals surface area contributed by atoms with Gasteiger partial charge in [0.15, 0.2) is 0 Å². The van der Waals surface area contributed by atoms with Gasteiger partial charge in [0.1, 0.15) is 5.75 Å². The smallest absolute Gasteiger partial charge is 0.124 e. The summed E-state index contributed by atoms with van der Waals surface area (Å²) in [7, 11) is 0. The molecule has 2 nitrogen and oxygen atoms in total. The molecule has 0 saturated carbocycles. The summed E-state index contributed by atoms with van der Waals surface area (Å²) < 4.78 is 5.55. The average molecular weight is 177 g/mol. The van der Waals surface area contributed by atoms with Crippen molar-refractivity contribution in [3.8, 4) is 5.75 Å². The van der Waals surface area contributed by atoms with E-state index in [0.717, 1.165) is 18.8 Å². The molecule has 0 bridgehead atoms. The molecule has 0 saturated heterocycles. The Kier molecular flexibility index (Phi) is 2.00. The highest BCUT2D eigenvalue weighted by Crippen LogP contribution is 2.34. The molecule has 0 aromatic heterocycles. The largest absolute Gasteiger partial charge is 0.493 e. The summed E-state index contributed by atoms with van der Waals surface area (Å²) in [6.45, 7) is 4.97. The lowest BCUT2D eigenvalue weighted by atomic mass is 9.94. The number of fused-ring (bicyclic) bond motifs is 1. The van der Waals surface area contributed by atoms with Crippen molar-refractivity contribution < 1.29 is 4.74 Å². The molecule has 1 heterocycles. The Hall–Kier alpha value is -1.02. The number of aryl methyl sites for hydroxylation is 1. The fraction of sp³-hybridized carbons (Fsp3) is 0.455. The monoisotopic (exact) mass is 177 g/mol. The second kappa shape index (κ2) is 3.04. The number of hydrogen-bond donors (Lipinski definition) is 1. The summed E-state index contributed by atoms with van der Waals surface area (Å²) in [5.41, 5.74) is 9.81.